The molecular formula is C40H62N2O9S2. The number of carbonyl (C=O) groups excluding carboxylic acids is 2. The maximum Gasteiger partial charge on any atom is 0.410 e. The fourth-order valence-corrected chi connectivity index (χ4v) is 7.10. The molecule has 4 rings (SSSR count). The first-order valence-electron chi connectivity index (χ1n) is 18.6. The van der Waals surface area contributed by atoms with Crippen LogP contribution in [0.5, 0.6) is 0 Å². The van der Waals surface area contributed by atoms with Gasteiger partial charge in [0.05, 0.1) is 18.1 Å². The zero-order valence-electron chi connectivity index (χ0n) is 33.1. The lowest BCUT2D eigenvalue weighted by Crippen LogP contribution is -2.41. The smallest absolute Gasteiger partial charge is 0.410 e. The minimum absolute atomic E-state index is 0.205. The van der Waals surface area contributed by atoms with Crippen molar-refractivity contribution in [3.63, 3.8) is 0 Å². The molecule has 53 heavy (non-hydrogen) atoms. The molecule has 2 saturated heterocycles. The van der Waals surface area contributed by atoms with Gasteiger partial charge in [0.1, 0.15) is 11.2 Å². The van der Waals surface area contributed by atoms with Gasteiger partial charge in [0, 0.05) is 67.6 Å². The number of likely N-dealkylation sites (tertiary alicyclic amines) is 2. The molecule has 1 unspecified atom stereocenters. The third-order valence-electron chi connectivity index (χ3n) is 9.02. The van der Waals surface area contributed by atoms with Crippen molar-refractivity contribution in [2.24, 2.45) is 11.8 Å². The van der Waals surface area contributed by atoms with Crippen LogP contribution in [0.15, 0.2) is 58.3 Å². The molecule has 0 N–H and O–H groups in total. The molecule has 2 aromatic rings. The van der Waals surface area contributed by atoms with Crippen LogP contribution in [0.3, 0.4) is 0 Å². The summed E-state index contributed by atoms with van der Waals surface area (Å²) in [5.74, 6) is 1.15. The Labute approximate surface area is 320 Å². The van der Waals surface area contributed by atoms with E-state index < -0.39 is 31.8 Å². The van der Waals surface area contributed by atoms with Crippen molar-refractivity contribution in [1.82, 2.24) is 9.80 Å². The molecule has 2 amide bonds. The van der Waals surface area contributed by atoms with Crippen LogP contribution in [0.4, 0.5) is 9.59 Å². The molecule has 13 heteroatoms. The largest absolute Gasteiger partial charge is 0.444 e. The lowest BCUT2D eigenvalue weighted by atomic mass is 9.94. The van der Waals surface area contributed by atoms with Gasteiger partial charge in [-0.15, -0.1) is 0 Å². The van der Waals surface area contributed by atoms with Gasteiger partial charge in [-0.2, -0.15) is 0 Å². The molecule has 2 aliphatic heterocycles. The molecule has 2 heterocycles. The summed E-state index contributed by atoms with van der Waals surface area (Å²) in [7, 11) is -4.10. The van der Waals surface area contributed by atoms with Crippen LogP contribution < -0.4 is 0 Å². The van der Waals surface area contributed by atoms with Gasteiger partial charge in [-0.1, -0.05) is 24.3 Å². The highest BCUT2D eigenvalue weighted by Gasteiger charge is 2.28. The van der Waals surface area contributed by atoms with Crippen molar-refractivity contribution in [1.29, 1.82) is 0 Å². The van der Waals surface area contributed by atoms with Crippen molar-refractivity contribution in [3.8, 4) is 0 Å². The molecule has 298 valence electrons. The molecule has 2 aromatic carbocycles. The van der Waals surface area contributed by atoms with Crippen molar-refractivity contribution in [2.75, 3.05) is 51.9 Å². The third-order valence-corrected chi connectivity index (χ3v) is 11.1. The maximum absolute atomic E-state index is 12.1. The quantitative estimate of drug-likeness (QED) is 0.200. The minimum Gasteiger partial charge on any atom is -0.444 e. The standard InChI is InChI=1S/C20H31NO5S.C20H31NO4S/c1-20(2,3)26-19(22)21-12-9-16(10-13-21)11-14-25-15-17-5-7-18(8-6-17)27(4,23)24;1-20(2,3)25-19(22)21-12-9-16(10-13-21)11-14-24-15-17-5-7-18(8-6-17)26(4)23/h5-8,16H,9-15H2,1-4H3;5-8,16H,9-15H2,1-4H3. The Hall–Kier alpha value is -3.00. The Kier molecular flexibility index (Phi) is 17.3. The van der Waals surface area contributed by atoms with Crippen LogP contribution >= 0.6 is 0 Å². The Balaban J connectivity index is 0.000000286. The number of nitrogens with zero attached hydrogens (tertiary/aromatic N) is 2. The van der Waals surface area contributed by atoms with Crippen LogP contribution in [-0.2, 0) is 52.8 Å². The van der Waals surface area contributed by atoms with Crippen LogP contribution in [0.2, 0.25) is 0 Å². The Bertz CT molecular complexity index is 1550. The van der Waals surface area contributed by atoms with Gasteiger partial charge in [0.25, 0.3) is 0 Å². The molecule has 1 atom stereocenters. The summed E-state index contributed by atoms with van der Waals surface area (Å²) in [5.41, 5.74) is 1.16. The molecule has 2 fully saturated rings. The van der Waals surface area contributed by atoms with E-state index >= 15 is 0 Å². The van der Waals surface area contributed by atoms with Gasteiger partial charge in [0.2, 0.25) is 0 Å². The van der Waals surface area contributed by atoms with Gasteiger partial charge < -0.3 is 28.7 Å². The van der Waals surface area contributed by atoms with Crippen LogP contribution in [0.25, 0.3) is 0 Å². The van der Waals surface area contributed by atoms with Gasteiger partial charge in [-0.05, 0) is 127 Å². The van der Waals surface area contributed by atoms with Gasteiger partial charge in [-0.25, -0.2) is 18.0 Å². The van der Waals surface area contributed by atoms with Crippen molar-refractivity contribution in [2.45, 2.75) is 114 Å². The van der Waals surface area contributed by atoms with E-state index in [9.17, 15) is 22.2 Å². The monoisotopic (exact) mass is 778 g/mol. The second-order valence-corrected chi connectivity index (χ2v) is 19.4. The number of amides is 2. The highest BCUT2D eigenvalue weighted by atomic mass is 32.2. The summed E-state index contributed by atoms with van der Waals surface area (Å²) in [4.78, 5) is 28.9. The molecule has 0 aliphatic carbocycles. The molecule has 0 radical (unpaired) electrons. The maximum atomic E-state index is 12.1. The highest BCUT2D eigenvalue weighted by molar-refractivity contribution is 7.90. The van der Waals surface area contributed by atoms with Gasteiger partial charge in [-0.3, -0.25) is 4.21 Å². The normalized spacial score (nSPS) is 16.8. The first kappa shape index (κ1) is 44.4. The predicted octanol–water partition coefficient (Wildman–Crippen LogP) is 7.62. The summed E-state index contributed by atoms with van der Waals surface area (Å²) in [5, 5.41) is 0. The highest BCUT2D eigenvalue weighted by Crippen LogP contribution is 2.24. The van der Waals surface area contributed by atoms with Crippen molar-refractivity contribution >= 4 is 32.8 Å². The zero-order chi connectivity index (χ0) is 39.2. The fraction of sp³-hybridized carbons (Fsp3) is 0.650. The molecular weight excluding hydrogens is 717 g/mol. The van der Waals surface area contributed by atoms with E-state index in [1.807, 2.05) is 70.7 Å². The summed E-state index contributed by atoms with van der Waals surface area (Å²) in [6.07, 6.45) is 8.35. The Morgan fingerprint density at radius 3 is 1.36 bits per heavy atom. The van der Waals surface area contributed by atoms with E-state index in [-0.39, 0.29) is 12.2 Å². The Morgan fingerprint density at radius 2 is 1.04 bits per heavy atom. The SMILES string of the molecule is CC(C)(C)OC(=O)N1CCC(CCOCc2ccc(S(C)(=O)=O)cc2)CC1.CS(=O)c1ccc(COCCC2CCN(C(=O)OC(C)(C)C)CC2)cc1. The van der Waals surface area contributed by atoms with E-state index in [4.69, 9.17) is 18.9 Å². The van der Waals surface area contributed by atoms with Gasteiger partial charge >= 0.3 is 12.2 Å². The summed E-state index contributed by atoms with van der Waals surface area (Å²) < 4.78 is 56.6. The Morgan fingerprint density at radius 1 is 0.679 bits per heavy atom. The molecule has 0 spiro atoms. The summed E-state index contributed by atoms with van der Waals surface area (Å²) in [6.45, 7) is 16.7. The average molecular weight is 779 g/mol. The number of carbonyl (C=O) groups is 2. The molecule has 0 saturated carbocycles. The van der Waals surface area contributed by atoms with Crippen molar-refractivity contribution in [3.05, 3.63) is 59.7 Å². The number of piperidine rings is 2. The van der Waals surface area contributed by atoms with E-state index in [0.29, 0.717) is 36.6 Å². The second-order valence-electron chi connectivity index (χ2n) is 16.0. The fourth-order valence-electron chi connectivity index (χ4n) is 5.95. The van der Waals surface area contributed by atoms with Crippen molar-refractivity contribution < 1.29 is 41.2 Å². The van der Waals surface area contributed by atoms with E-state index in [2.05, 4.69) is 0 Å². The number of rotatable bonds is 12. The zero-order valence-corrected chi connectivity index (χ0v) is 34.7. The lowest BCUT2D eigenvalue weighted by Gasteiger charge is -2.33. The summed E-state index contributed by atoms with van der Waals surface area (Å²) in [6, 6.07) is 14.5. The van der Waals surface area contributed by atoms with Crippen LogP contribution in [-0.4, -0.2) is 97.7 Å². The second kappa shape index (κ2) is 20.6. The van der Waals surface area contributed by atoms with E-state index in [0.717, 1.165) is 87.3 Å². The molecule has 0 aromatic heterocycles. The molecule has 11 nitrogen and oxygen atoms in total. The topological polar surface area (TPSA) is 129 Å². The predicted molar refractivity (Wildman–Crippen MR) is 208 cm³/mol. The van der Waals surface area contributed by atoms with E-state index in [1.54, 1.807) is 35.4 Å². The first-order valence-corrected chi connectivity index (χ1v) is 22.1. The number of hydrogen-bond donors (Lipinski definition) is 0. The lowest BCUT2D eigenvalue weighted by molar-refractivity contribution is 0.0154. The first-order chi connectivity index (χ1) is 24.8. The van der Waals surface area contributed by atoms with Gasteiger partial charge in [0.15, 0.2) is 9.84 Å². The van der Waals surface area contributed by atoms with Crippen LogP contribution in [0.1, 0.15) is 91.2 Å². The third kappa shape index (κ3) is 17.3. The number of hydrogen-bond acceptors (Lipinski definition) is 9. The van der Waals surface area contributed by atoms with Crippen LogP contribution in [0, 0.1) is 11.8 Å². The number of sulfone groups is 1. The minimum atomic E-state index is -3.16. The average Bonchev–Trinajstić information content (AvgIpc) is 3.08. The number of ether oxygens (including phenoxy) is 4. The summed E-state index contributed by atoms with van der Waals surface area (Å²) >= 11 is 0. The number of benzene rings is 2. The molecule has 0 bridgehead atoms. The van der Waals surface area contributed by atoms with E-state index in [1.165, 1.54) is 6.26 Å². The molecule has 2 aliphatic rings.